The number of aromatic nitrogens is 2. The van der Waals surface area contributed by atoms with Crippen molar-refractivity contribution in [2.45, 2.75) is 38.2 Å². The molecule has 1 aromatic heterocycles. The Balaban J connectivity index is 1.97. The quantitative estimate of drug-likeness (QED) is 0.698. The zero-order valence-corrected chi connectivity index (χ0v) is 11.7. The summed E-state index contributed by atoms with van der Waals surface area (Å²) in [5.74, 6) is 1.79. The zero-order chi connectivity index (χ0) is 13.7. The van der Waals surface area contributed by atoms with Gasteiger partial charge in [-0.1, -0.05) is 6.92 Å². The Bertz CT molecular complexity index is 414. The van der Waals surface area contributed by atoms with Crippen molar-refractivity contribution in [1.29, 1.82) is 0 Å². The standard InChI is InChI=1S/C13H23N5O/c1-3-7-15-10-8-11(18-12(14)17-10)16-9-13(19-2)5-4-6-13/h8H,3-7,9H2,1-2H3,(H4,14,15,16,17,18). The molecule has 6 nitrogen and oxygen atoms in total. The summed E-state index contributed by atoms with van der Waals surface area (Å²) in [5.41, 5.74) is 5.68. The lowest BCUT2D eigenvalue weighted by molar-refractivity contribution is -0.0601. The van der Waals surface area contributed by atoms with Crippen LogP contribution in [0, 0.1) is 0 Å². The lowest BCUT2D eigenvalue weighted by atomic mass is 9.80. The molecule has 1 fully saturated rings. The molecule has 19 heavy (non-hydrogen) atoms. The minimum absolute atomic E-state index is 0.0310. The van der Waals surface area contributed by atoms with E-state index < -0.39 is 0 Å². The first-order valence-corrected chi connectivity index (χ1v) is 6.85. The number of nitrogens with two attached hydrogens (primary N) is 1. The number of ether oxygens (including phenoxy) is 1. The van der Waals surface area contributed by atoms with Crippen LogP contribution in [-0.2, 0) is 4.74 Å². The monoisotopic (exact) mass is 265 g/mol. The zero-order valence-electron chi connectivity index (χ0n) is 11.7. The Morgan fingerprint density at radius 2 is 2.00 bits per heavy atom. The summed E-state index contributed by atoms with van der Waals surface area (Å²) in [4.78, 5) is 8.35. The van der Waals surface area contributed by atoms with E-state index in [-0.39, 0.29) is 11.5 Å². The summed E-state index contributed by atoms with van der Waals surface area (Å²) >= 11 is 0. The van der Waals surface area contributed by atoms with Crippen molar-refractivity contribution in [2.75, 3.05) is 36.6 Å². The number of hydrogen-bond acceptors (Lipinski definition) is 6. The first-order valence-electron chi connectivity index (χ1n) is 6.85. The Morgan fingerprint density at radius 1 is 1.32 bits per heavy atom. The molecule has 106 valence electrons. The molecule has 0 saturated heterocycles. The molecule has 1 aliphatic rings. The van der Waals surface area contributed by atoms with E-state index >= 15 is 0 Å². The van der Waals surface area contributed by atoms with Gasteiger partial charge in [0.25, 0.3) is 0 Å². The second-order valence-electron chi connectivity index (χ2n) is 5.02. The summed E-state index contributed by atoms with van der Waals surface area (Å²) in [6.07, 6.45) is 4.46. The Morgan fingerprint density at radius 3 is 2.53 bits per heavy atom. The lowest BCUT2D eigenvalue weighted by Crippen LogP contribution is -2.45. The molecule has 6 heteroatoms. The third-order valence-electron chi connectivity index (χ3n) is 3.59. The molecule has 4 N–H and O–H groups in total. The van der Waals surface area contributed by atoms with Crippen LogP contribution in [0.2, 0.25) is 0 Å². The number of nitrogen functional groups attached to an aromatic ring is 1. The van der Waals surface area contributed by atoms with Gasteiger partial charge in [0.2, 0.25) is 5.95 Å². The summed E-state index contributed by atoms with van der Waals surface area (Å²) < 4.78 is 5.57. The largest absolute Gasteiger partial charge is 0.376 e. The highest BCUT2D eigenvalue weighted by Gasteiger charge is 2.36. The van der Waals surface area contributed by atoms with Crippen molar-refractivity contribution in [3.8, 4) is 0 Å². The molecule has 2 rings (SSSR count). The van der Waals surface area contributed by atoms with E-state index in [1.165, 1.54) is 6.42 Å². The van der Waals surface area contributed by atoms with Crippen molar-refractivity contribution in [2.24, 2.45) is 0 Å². The van der Waals surface area contributed by atoms with Gasteiger partial charge in [0.15, 0.2) is 0 Å². The van der Waals surface area contributed by atoms with E-state index in [2.05, 4.69) is 27.5 Å². The van der Waals surface area contributed by atoms with E-state index in [1.807, 2.05) is 6.07 Å². The van der Waals surface area contributed by atoms with Crippen molar-refractivity contribution in [3.05, 3.63) is 6.07 Å². The fraction of sp³-hybridized carbons (Fsp3) is 0.692. The maximum Gasteiger partial charge on any atom is 0.223 e. The van der Waals surface area contributed by atoms with Crippen molar-refractivity contribution in [3.63, 3.8) is 0 Å². The number of anilines is 3. The van der Waals surface area contributed by atoms with Gasteiger partial charge in [0, 0.05) is 26.3 Å². The number of rotatable bonds is 7. The van der Waals surface area contributed by atoms with Crippen molar-refractivity contribution < 1.29 is 4.74 Å². The molecule has 0 atom stereocenters. The molecule has 1 aliphatic carbocycles. The topological polar surface area (TPSA) is 85.1 Å². The smallest absolute Gasteiger partial charge is 0.223 e. The maximum atomic E-state index is 5.72. The molecule has 0 bridgehead atoms. The number of nitrogens with one attached hydrogen (secondary N) is 2. The molecule has 0 aromatic carbocycles. The van der Waals surface area contributed by atoms with Crippen LogP contribution in [0.4, 0.5) is 17.6 Å². The van der Waals surface area contributed by atoms with Crippen LogP contribution in [0.25, 0.3) is 0 Å². The lowest BCUT2D eigenvalue weighted by Gasteiger charge is -2.40. The van der Waals surface area contributed by atoms with E-state index in [9.17, 15) is 0 Å². The maximum absolute atomic E-state index is 5.72. The average molecular weight is 265 g/mol. The van der Waals surface area contributed by atoms with Crippen LogP contribution in [0.1, 0.15) is 32.6 Å². The van der Waals surface area contributed by atoms with Gasteiger partial charge >= 0.3 is 0 Å². The minimum atomic E-state index is -0.0310. The predicted octanol–water partition coefficient (Wildman–Crippen LogP) is 1.86. The summed E-state index contributed by atoms with van der Waals surface area (Å²) in [6.45, 7) is 3.74. The second kappa shape index (κ2) is 6.06. The van der Waals surface area contributed by atoms with Crippen LogP contribution < -0.4 is 16.4 Å². The highest BCUT2D eigenvalue weighted by molar-refractivity contribution is 5.51. The third kappa shape index (κ3) is 3.47. The normalized spacial score (nSPS) is 16.7. The van der Waals surface area contributed by atoms with Gasteiger partial charge in [-0.05, 0) is 25.7 Å². The molecule has 0 radical (unpaired) electrons. The minimum Gasteiger partial charge on any atom is -0.376 e. The molecule has 0 aliphatic heterocycles. The molecular weight excluding hydrogens is 242 g/mol. The van der Waals surface area contributed by atoms with Crippen LogP contribution >= 0.6 is 0 Å². The van der Waals surface area contributed by atoms with E-state index in [0.717, 1.165) is 44.0 Å². The van der Waals surface area contributed by atoms with Gasteiger partial charge in [-0.3, -0.25) is 0 Å². The third-order valence-corrected chi connectivity index (χ3v) is 3.59. The molecule has 1 aromatic rings. The van der Waals surface area contributed by atoms with Gasteiger partial charge < -0.3 is 21.1 Å². The van der Waals surface area contributed by atoms with Crippen molar-refractivity contribution >= 4 is 17.6 Å². The Kier molecular flexibility index (Phi) is 4.42. The SMILES string of the molecule is CCCNc1cc(NCC2(OC)CCC2)nc(N)n1. The van der Waals surface area contributed by atoms with Crippen LogP contribution in [0.3, 0.4) is 0 Å². The van der Waals surface area contributed by atoms with Gasteiger partial charge in [-0.2, -0.15) is 9.97 Å². The fourth-order valence-corrected chi connectivity index (χ4v) is 2.18. The Hall–Kier alpha value is -1.56. The van der Waals surface area contributed by atoms with Crippen molar-refractivity contribution in [1.82, 2.24) is 9.97 Å². The van der Waals surface area contributed by atoms with Gasteiger partial charge in [0.1, 0.15) is 11.6 Å². The second-order valence-corrected chi connectivity index (χ2v) is 5.02. The molecule has 1 saturated carbocycles. The number of nitrogens with zero attached hydrogens (tertiary/aromatic N) is 2. The predicted molar refractivity (Wildman–Crippen MR) is 77.3 cm³/mol. The summed E-state index contributed by atoms with van der Waals surface area (Å²) in [6, 6.07) is 1.88. The Labute approximate surface area is 114 Å². The van der Waals surface area contributed by atoms with Gasteiger partial charge in [-0.25, -0.2) is 0 Å². The van der Waals surface area contributed by atoms with E-state index in [0.29, 0.717) is 0 Å². The van der Waals surface area contributed by atoms with Gasteiger partial charge in [-0.15, -0.1) is 0 Å². The van der Waals surface area contributed by atoms with Crippen LogP contribution in [-0.4, -0.2) is 35.8 Å². The van der Waals surface area contributed by atoms with Gasteiger partial charge in [0.05, 0.1) is 5.60 Å². The van der Waals surface area contributed by atoms with Crippen LogP contribution in [0.15, 0.2) is 6.07 Å². The highest BCUT2D eigenvalue weighted by atomic mass is 16.5. The molecular formula is C13H23N5O. The first kappa shape index (κ1) is 13.9. The fourth-order valence-electron chi connectivity index (χ4n) is 2.18. The molecule has 1 heterocycles. The number of hydrogen-bond donors (Lipinski definition) is 3. The highest BCUT2D eigenvalue weighted by Crippen LogP contribution is 2.35. The van der Waals surface area contributed by atoms with Crippen LogP contribution in [0.5, 0.6) is 0 Å². The molecule has 0 spiro atoms. The average Bonchev–Trinajstić information content (AvgIpc) is 2.35. The van der Waals surface area contributed by atoms with E-state index in [4.69, 9.17) is 10.5 Å². The summed E-state index contributed by atoms with van der Waals surface area (Å²) in [7, 11) is 1.77. The molecule has 0 unspecified atom stereocenters. The molecule has 0 amide bonds. The van der Waals surface area contributed by atoms with E-state index in [1.54, 1.807) is 7.11 Å². The first-order chi connectivity index (χ1) is 9.17. The summed E-state index contributed by atoms with van der Waals surface area (Å²) in [5, 5.41) is 6.51. The number of methoxy groups -OCH3 is 1.